The molecule has 2 heterocycles. The minimum absolute atomic E-state index is 0.0637. The van der Waals surface area contributed by atoms with Gasteiger partial charge in [0.1, 0.15) is 0 Å². The molecule has 0 saturated carbocycles. The molecule has 0 spiro atoms. The van der Waals surface area contributed by atoms with Gasteiger partial charge in [-0.05, 0) is 0 Å². The number of fused-ring (bicyclic) bond motifs is 1. The molecule has 2 aromatic heterocycles. The van der Waals surface area contributed by atoms with E-state index in [1.54, 1.807) is 15.7 Å². The summed E-state index contributed by atoms with van der Waals surface area (Å²) in [6.45, 7) is 0. The van der Waals surface area contributed by atoms with E-state index in [2.05, 4.69) is 4.98 Å². The van der Waals surface area contributed by atoms with Gasteiger partial charge in [-0.25, -0.2) is 0 Å². The van der Waals surface area contributed by atoms with Crippen LogP contribution in [0.1, 0.15) is 0 Å². The average Bonchev–Trinajstić information content (AvgIpc) is 2.68. The third-order valence-electron chi connectivity index (χ3n) is 2.44. The first-order valence-electron chi connectivity index (χ1n) is 4.99. The zero-order chi connectivity index (χ0) is 11.8. The molecule has 0 aliphatic rings. The Balaban J connectivity index is 2.31. The molecule has 17 heavy (non-hydrogen) atoms. The topological polar surface area (TPSA) is 34.9 Å². The Labute approximate surface area is 102 Å². The standard InChI is InChI=1S/C12H7FN2OSe/c13-11-7-8(5-6-14-11)15-12(16)9-3-1-2-4-10(9)17-15/h1-7H. The van der Waals surface area contributed by atoms with Crippen LogP contribution < -0.4 is 5.56 Å². The molecule has 3 rings (SSSR count). The SMILES string of the molecule is O=c1c2ccccc2[se]n1-c1ccnc(F)c1. The van der Waals surface area contributed by atoms with Gasteiger partial charge in [0.05, 0.1) is 0 Å². The first-order valence-corrected chi connectivity index (χ1v) is 6.61. The van der Waals surface area contributed by atoms with E-state index in [0.717, 1.165) is 4.26 Å². The molecule has 0 atom stereocenters. The number of rotatable bonds is 1. The third kappa shape index (κ3) is 1.73. The van der Waals surface area contributed by atoms with Crippen molar-refractivity contribution in [2.24, 2.45) is 0 Å². The monoisotopic (exact) mass is 294 g/mol. The molecule has 0 aliphatic carbocycles. The zero-order valence-electron chi connectivity index (χ0n) is 8.63. The molecule has 0 radical (unpaired) electrons. The summed E-state index contributed by atoms with van der Waals surface area (Å²) < 4.78 is 15.7. The van der Waals surface area contributed by atoms with E-state index in [1.807, 2.05) is 18.2 Å². The van der Waals surface area contributed by atoms with Crippen LogP contribution in [0, 0.1) is 5.95 Å². The van der Waals surface area contributed by atoms with Crippen molar-refractivity contribution in [3.63, 3.8) is 0 Å². The minimum atomic E-state index is -0.568. The van der Waals surface area contributed by atoms with E-state index >= 15 is 0 Å². The van der Waals surface area contributed by atoms with Crippen LogP contribution in [0.4, 0.5) is 4.39 Å². The second-order valence-corrected chi connectivity index (χ2v) is 5.60. The van der Waals surface area contributed by atoms with Crippen molar-refractivity contribution in [3.8, 4) is 5.69 Å². The average molecular weight is 293 g/mol. The zero-order valence-corrected chi connectivity index (χ0v) is 10.3. The van der Waals surface area contributed by atoms with Crippen molar-refractivity contribution in [1.82, 2.24) is 8.55 Å². The molecular weight excluding hydrogens is 286 g/mol. The van der Waals surface area contributed by atoms with Crippen molar-refractivity contribution in [2.45, 2.75) is 0 Å². The molecule has 0 N–H and O–H groups in total. The third-order valence-corrected chi connectivity index (χ3v) is 4.77. The van der Waals surface area contributed by atoms with Gasteiger partial charge in [0.25, 0.3) is 0 Å². The van der Waals surface area contributed by atoms with Crippen molar-refractivity contribution in [1.29, 1.82) is 0 Å². The summed E-state index contributed by atoms with van der Waals surface area (Å²) in [5.74, 6) is -0.568. The molecule has 0 saturated heterocycles. The maximum absolute atomic E-state index is 13.0. The van der Waals surface area contributed by atoms with Crippen molar-refractivity contribution >= 4 is 24.4 Å². The van der Waals surface area contributed by atoms with Gasteiger partial charge in [-0.1, -0.05) is 0 Å². The van der Waals surface area contributed by atoms with Crippen molar-refractivity contribution < 1.29 is 4.39 Å². The molecule has 0 aliphatic heterocycles. The van der Waals surface area contributed by atoms with Gasteiger partial charge in [0.2, 0.25) is 0 Å². The number of pyridine rings is 1. The summed E-state index contributed by atoms with van der Waals surface area (Å²) in [5.41, 5.74) is 0.505. The van der Waals surface area contributed by atoms with Gasteiger partial charge in [0, 0.05) is 0 Å². The van der Waals surface area contributed by atoms with Crippen LogP contribution >= 0.6 is 0 Å². The molecule has 0 fully saturated rings. The van der Waals surface area contributed by atoms with Crippen molar-refractivity contribution in [3.05, 3.63) is 58.9 Å². The van der Waals surface area contributed by atoms with Crippen LogP contribution in [0.5, 0.6) is 0 Å². The first kappa shape index (κ1) is 10.4. The predicted octanol–water partition coefficient (Wildman–Crippen LogP) is 1.58. The van der Waals surface area contributed by atoms with E-state index < -0.39 is 5.95 Å². The Morgan fingerprint density at radius 3 is 2.82 bits per heavy atom. The molecule has 5 heteroatoms. The number of nitrogens with zero attached hydrogens (tertiary/aromatic N) is 2. The summed E-state index contributed by atoms with van der Waals surface area (Å²) in [5, 5.41) is 0.713. The number of hydrogen-bond acceptors (Lipinski definition) is 2. The number of hydrogen-bond donors (Lipinski definition) is 0. The van der Waals surface area contributed by atoms with Gasteiger partial charge in [-0.15, -0.1) is 0 Å². The fourth-order valence-electron chi connectivity index (χ4n) is 1.66. The van der Waals surface area contributed by atoms with E-state index in [4.69, 9.17) is 0 Å². The summed E-state index contributed by atoms with van der Waals surface area (Å²) in [6, 6.07) is 10.4. The second kappa shape index (κ2) is 3.95. The summed E-state index contributed by atoms with van der Waals surface area (Å²) in [4.78, 5) is 15.6. The van der Waals surface area contributed by atoms with Crippen LogP contribution in [-0.2, 0) is 0 Å². The van der Waals surface area contributed by atoms with Crippen molar-refractivity contribution in [2.75, 3.05) is 0 Å². The molecule has 0 amide bonds. The Bertz CT molecular complexity index is 747. The molecule has 3 nitrogen and oxygen atoms in total. The maximum atomic E-state index is 13.0. The Kier molecular flexibility index (Phi) is 2.42. The van der Waals surface area contributed by atoms with E-state index in [1.165, 1.54) is 12.3 Å². The van der Waals surface area contributed by atoms with Gasteiger partial charge in [-0.3, -0.25) is 0 Å². The summed E-state index contributed by atoms with van der Waals surface area (Å²) >= 11 is -0.124. The molecule has 0 unspecified atom stereocenters. The predicted molar refractivity (Wildman–Crippen MR) is 64.2 cm³/mol. The quantitative estimate of drug-likeness (QED) is 0.504. The second-order valence-electron chi connectivity index (χ2n) is 3.52. The molecule has 1 aromatic carbocycles. The van der Waals surface area contributed by atoms with E-state index in [0.29, 0.717) is 11.1 Å². The van der Waals surface area contributed by atoms with Crippen LogP contribution in [0.15, 0.2) is 47.4 Å². The van der Waals surface area contributed by atoms with Crippen LogP contribution in [0.25, 0.3) is 15.3 Å². The molecule has 0 bridgehead atoms. The van der Waals surface area contributed by atoms with Gasteiger partial charge in [-0.2, -0.15) is 0 Å². The molecule has 3 aromatic rings. The Morgan fingerprint density at radius 1 is 1.24 bits per heavy atom. The van der Waals surface area contributed by atoms with Gasteiger partial charge in [0.15, 0.2) is 0 Å². The number of benzene rings is 1. The number of aromatic nitrogens is 2. The van der Waals surface area contributed by atoms with Crippen LogP contribution in [-0.4, -0.2) is 23.3 Å². The fourth-order valence-corrected chi connectivity index (χ4v) is 3.74. The van der Waals surface area contributed by atoms with Crippen LogP contribution in [0.2, 0.25) is 0 Å². The Hall–Kier alpha value is -1.71. The first-order chi connectivity index (χ1) is 8.25. The summed E-state index contributed by atoms with van der Waals surface area (Å²) in [7, 11) is 0. The Morgan fingerprint density at radius 2 is 2.06 bits per heavy atom. The van der Waals surface area contributed by atoms with E-state index in [9.17, 15) is 9.18 Å². The normalized spacial score (nSPS) is 10.9. The van der Waals surface area contributed by atoms with E-state index in [-0.39, 0.29) is 20.3 Å². The fraction of sp³-hybridized carbons (Fsp3) is 0. The molecular formula is C12H7FN2OSe. The summed E-state index contributed by atoms with van der Waals surface area (Å²) in [6.07, 6.45) is 1.37. The van der Waals surface area contributed by atoms with Crippen LogP contribution in [0.3, 0.4) is 0 Å². The molecule has 84 valence electrons. The van der Waals surface area contributed by atoms with Gasteiger partial charge >= 0.3 is 102 Å². The van der Waals surface area contributed by atoms with Gasteiger partial charge < -0.3 is 0 Å². The number of halogens is 1.